The number of pyridine rings is 1. The number of carbonyl (C=O) groups excluding carboxylic acids is 2. The number of methoxy groups -OCH3 is 1. The van der Waals surface area contributed by atoms with Crippen molar-refractivity contribution in [3.8, 4) is 17.0 Å². The zero-order valence-corrected chi connectivity index (χ0v) is 23.6. The van der Waals surface area contributed by atoms with E-state index in [2.05, 4.69) is 4.98 Å². The van der Waals surface area contributed by atoms with Gasteiger partial charge in [-0.15, -0.1) is 0 Å². The molecule has 1 aromatic carbocycles. The van der Waals surface area contributed by atoms with Gasteiger partial charge < -0.3 is 24.4 Å². The van der Waals surface area contributed by atoms with Gasteiger partial charge in [-0.3, -0.25) is 9.20 Å². The lowest BCUT2D eigenvalue weighted by Crippen LogP contribution is -2.60. The van der Waals surface area contributed by atoms with Crippen LogP contribution in [0.4, 0.5) is 18.0 Å². The lowest BCUT2D eigenvalue weighted by molar-refractivity contribution is -0.141. The quantitative estimate of drug-likeness (QED) is 0.468. The largest absolute Gasteiger partial charge is 0.496 e. The van der Waals surface area contributed by atoms with E-state index in [-0.39, 0.29) is 24.3 Å². The number of carbonyl (C=O) groups is 2. The molecule has 9 nitrogen and oxygen atoms in total. The maximum Gasteiger partial charge on any atom is 0.410 e. The minimum absolute atomic E-state index is 0.0452. The number of imidazole rings is 1. The van der Waals surface area contributed by atoms with Gasteiger partial charge in [0.25, 0.3) is 5.91 Å². The zero-order valence-electron chi connectivity index (χ0n) is 23.6. The van der Waals surface area contributed by atoms with Gasteiger partial charge in [-0.2, -0.15) is 13.2 Å². The summed E-state index contributed by atoms with van der Waals surface area (Å²) in [5.74, 6) is -0.512. The Morgan fingerprint density at radius 1 is 1.20 bits per heavy atom. The van der Waals surface area contributed by atoms with Crippen LogP contribution < -0.4 is 4.74 Å². The van der Waals surface area contributed by atoms with E-state index in [9.17, 15) is 27.9 Å². The van der Waals surface area contributed by atoms with Gasteiger partial charge in [0.2, 0.25) is 0 Å². The number of ether oxygens (including phenoxy) is 2. The number of amides is 2. The molecule has 41 heavy (non-hydrogen) atoms. The normalized spacial score (nSPS) is 17.7. The van der Waals surface area contributed by atoms with Crippen LogP contribution >= 0.6 is 0 Å². The summed E-state index contributed by atoms with van der Waals surface area (Å²) in [6.07, 6.45) is -2.05. The van der Waals surface area contributed by atoms with Crippen LogP contribution in [-0.4, -0.2) is 81.4 Å². The molecule has 4 heterocycles. The highest BCUT2D eigenvalue weighted by atomic mass is 19.4. The molecule has 3 aromatic rings. The van der Waals surface area contributed by atoms with Gasteiger partial charge in [0, 0.05) is 36.8 Å². The standard InChI is InChI=1S/C29H33F3N4O5/c1-27(2,3)41-26(39)35-14-28(4,15-35)24(37)18-7-9-36-20(13-33-22(36)12-18)19-10-17-6-8-34(16-29(30,31)32)25(38)23(17)21(11-19)40-5/h7,9-13,24,37H,6,8,14-16H2,1-5H3. The maximum absolute atomic E-state index is 13.0. The number of aliphatic hydroxyl groups excluding tert-OH is 1. The monoisotopic (exact) mass is 574 g/mol. The van der Waals surface area contributed by atoms with Gasteiger partial charge in [-0.1, -0.05) is 6.92 Å². The van der Waals surface area contributed by atoms with E-state index >= 15 is 0 Å². The van der Waals surface area contributed by atoms with Crippen LogP contribution in [0.2, 0.25) is 0 Å². The van der Waals surface area contributed by atoms with E-state index in [1.807, 2.05) is 11.3 Å². The molecule has 1 unspecified atom stereocenters. The summed E-state index contributed by atoms with van der Waals surface area (Å²) in [4.78, 5) is 32.1. The molecule has 0 aliphatic carbocycles. The van der Waals surface area contributed by atoms with E-state index < -0.39 is 41.8 Å². The molecule has 220 valence electrons. The summed E-state index contributed by atoms with van der Waals surface area (Å²) < 4.78 is 51.6. The Morgan fingerprint density at radius 3 is 2.54 bits per heavy atom. The SMILES string of the molecule is COc1cc(-c2cnc3cc(C(O)C4(C)CN(C(=O)OC(C)(C)C)C4)ccn23)cc2c1C(=O)N(CC(F)(F)F)CC2. The summed E-state index contributed by atoms with van der Waals surface area (Å²) in [6, 6.07) is 6.98. The molecule has 2 aromatic heterocycles. The highest BCUT2D eigenvalue weighted by Crippen LogP contribution is 2.43. The van der Waals surface area contributed by atoms with Crippen LogP contribution in [0.15, 0.2) is 36.7 Å². The van der Waals surface area contributed by atoms with E-state index in [0.29, 0.717) is 41.1 Å². The number of nitrogens with zero attached hydrogens (tertiary/aromatic N) is 4. The zero-order chi connectivity index (χ0) is 29.9. The Hall–Kier alpha value is -3.80. The molecule has 2 aliphatic rings. The molecular weight excluding hydrogens is 541 g/mol. The molecule has 12 heteroatoms. The molecule has 1 atom stereocenters. The van der Waals surface area contributed by atoms with Crippen LogP contribution in [0, 0.1) is 5.41 Å². The minimum Gasteiger partial charge on any atom is -0.496 e. The second-order valence-corrected chi connectivity index (χ2v) is 12.0. The van der Waals surface area contributed by atoms with Gasteiger partial charge in [0.05, 0.1) is 30.7 Å². The van der Waals surface area contributed by atoms with Crippen molar-refractivity contribution in [2.24, 2.45) is 5.41 Å². The molecule has 0 saturated carbocycles. The first-order chi connectivity index (χ1) is 19.1. The summed E-state index contributed by atoms with van der Waals surface area (Å²) in [7, 11) is 1.38. The Labute approximate surface area is 235 Å². The first-order valence-electron chi connectivity index (χ1n) is 13.3. The van der Waals surface area contributed by atoms with E-state index in [1.165, 1.54) is 7.11 Å². The number of hydrogen-bond donors (Lipinski definition) is 1. The number of benzene rings is 1. The maximum atomic E-state index is 13.0. The molecule has 1 N–H and O–H groups in total. The van der Waals surface area contributed by atoms with Crippen molar-refractivity contribution in [1.29, 1.82) is 0 Å². The molecular formula is C29H33F3N4O5. The van der Waals surface area contributed by atoms with Crippen LogP contribution in [0.1, 0.15) is 55.3 Å². The predicted octanol–water partition coefficient (Wildman–Crippen LogP) is 4.86. The fourth-order valence-corrected chi connectivity index (χ4v) is 5.54. The van der Waals surface area contributed by atoms with Gasteiger partial charge in [-0.05, 0) is 62.6 Å². The van der Waals surface area contributed by atoms with Gasteiger partial charge in [0.1, 0.15) is 23.5 Å². The first kappa shape index (κ1) is 28.7. The molecule has 0 bridgehead atoms. The topological polar surface area (TPSA) is 96.6 Å². The second kappa shape index (κ2) is 9.93. The van der Waals surface area contributed by atoms with Gasteiger partial charge >= 0.3 is 12.3 Å². The van der Waals surface area contributed by atoms with Crippen molar-refractivity contribution in [3.05, 3.63) is 53.3 Å². The molecule has 0 radical (unpaired) electrons. The van der Waals surface area contributed by atoms with Crippen molar-refractivity contribution >= 4 is 17.6 Å². The summed E-state index contributed by atoms with van der Waals surface area (Å²) >= 11 is 0. The van der Waals surface area contributed by atoms with Crippen LogP contribution in [0.25, 0.3) is 16.9 Å². The van der Waals surface area contributed by atoms with Crippen LogP contribution in [0.3, 0.4) is 0 Å². The smallest absolute Gasteiger partial charge is 0.410 e. The number of hydrogen-bond acceptors (Lipinski definition) is 6. The van der Waals surface area contributed by atoms with E-state index in [0.717, 1.165) is 4.90 Å². The Balaban J connectivity index is 1.38. The summed E-state index contributed by atoms with van der Waals surface area (Å²) in [5.41, 5.74) is 2.21. The molecule has 1 fully saturated rings. The third kappa shape index (κ3) is 5.57. The average Bonchev–Trinajstić information content (AvgIpc) is 3.29. The number of fused-ring (bicyclic) bond motifs is 2. The number of halogens is 3. The number of aliphatic hydroxyl groups is 1. The summed E-state index contributed by atoms with van der Waals surface area (Å²) in [6.45, 7) is 6.67. The molecule has 2 amide bonds. The molecule has 2 aliphatic heterocycles. The highest BCUT2D eigenvalue weighted by molar-refractivity contribution is 6.00. The highest BCUT2D eigenvalue weighted by Gasteiger charge is 2.48. The number of alkyl halides is 3. The lowest BCUT2D eigenvalue weighted by atomic mass is 9.74. The fraction of sp³-hybridized carbons (Fsp3) is 0.483. The van der Waals surface area contributed by atoms with Gasteiger partial charge in [0.15, 0.2) is 0 Å². The van der Waals surface area contributed by atoms with Gasteiger partial charge in [-0.25, -0.2) is 9.78 Å². The van der Waals surface area contributed by atoms with Crippen LogP contribution in [-0.2, 0) is 11.2 Å². The Kier molecular flexibility index (Phi) is 6.96. The molecule has 0 spiro atoms. The van der Waals surface area contributed by atoms with E-state index in [4.69, 9.17) is 9.47 Å². The predicted molar refractivity (Wildman–Crippen MR) is 144 cm³/mol. The molecule has 1 saturated heterocycles. The van der Waals surface area contributed by atoms with Crippen molar-refractivity contribution in [2.45, 2.75) is 52.0 Å². The van der Waals surface area contributed by atoms with Crippen molar-refractivity contribution in [1.82, 2.24) is 19.2 Å². The number of aromatic nitrogens is 2. The molecule has 5 rings (SSSR count). The van der Waals surface area contributed by atoms with Crippen molar-refractivity contribution < 1.29 is 37.3 Å². The van der Waals surface area contributed by atoms with Crippen molar-refractivity contribution in [3.63, 3.8) is 0 Å². The second-order valence-electron chi connectivity index (χ2n) is 12.0. The average molecular weight is 575 g/mol. The minimum atomic E-state index is -4.49. The summed E-state index contributed by atoms with van der Waals surface area (Å²) in [5, 5.41) is 11.2. The Bertz CT molecular complexity index is 1490. The van der Waals surface area contributed by atoms with Crippen molar-refractivity contribution in [2.75, 3.05) is 33.3 Å². The first-order valence-corrected chi connectivity index (χ1v) is 13.3. The lowest BCUT2D eigenvalue weighted by Gasteiger charge is -2.50. The third-order valence-electron chi connectivity index (χ3n) is 7.49. The fourth-order valence-electron chi connectivity index (χ4n) is 5.54. The van der Waals surface area contributed by atoms with E-state index in [1.54, 1.807) is 62.3 Å². The number of rotatable bonds is 5. The van der Waals surface area contributed by atoms with Crippen LogP contribution in [0.5, 0.6) is 5.75 Å². The Morgan fingerprint density at radius 2 is 1.90 bits per heavy atom. The third-order valence-corrected chi connectivity index (χ3v) is 7.49. The number of likely N-dealkylation sites (tertiary alicyclic amines) is 1.